The van der Waals surface area contributed by atoms with E-state index in [9.17, 15) is 9.90 Å². The molecule has 1 amide bonds. The summed E-state index contributed by atoms with van der Waals surface area (Å²) in [5, 5.41) is 18.4. The molecule has 0 saturated heterocycles. The van der Waals surface area contributed by atoms with Crippen molar-refractivity contribution < 1.29 is 9.90 Å². The van der Waals surface area contributed by atoms with Gasteiger partial charge in [-0.25, -0.2) is 0 Å². The maximum atomic E-state index is 13.2. The minimum atomic E-state index is -0.246. The fourth-order valence-electron chi connectivity index (χ4n) is 4.00. The van der Waals surface area contributed by atoms with Crippen molar-refractivity contribution in [2.75, 3.05) is 6.54 Å². The number of halogens is 1. The number of aromatic amines is 1. The number of aryl methyl sites for hydroxylation is 1. The normalized spacial score (nSPS) is 15.8. The van der Waals surface area contributed by atoms with E-state index in [-0.39, 0.29) is 17.7 Å². The molecule has 0 aliphatic carbocycles. The van der Waals surface area contributed by atoms with Gasteiger partial charge in [-0.15, -0.1) is 0 Å². The van der Waals surface area contributed by atoms with Gasteiger partial charge < -0.3 is 10.0 Å². The van der Waals surface area contributed by atoms with Crippen molar-refractivity contribution in [3.8, 4) is 17.0 Å². The Labute approximate surface area is 175 Å². The number of unbranched alkanes of at least 4 members (excludes halogenated alkanes) is 2. The molecule has 1 atom stereocenters. The van der Waals surface area contributed by atoms with E-state index in [0.717, 1.165) is 36.0 Å². The van der Waals surface area contributed by atoms with Gasteiger partial charge in [0.15, 0.2) is 0 Å². The zero-order valence-electron chi connectivity index (χ0n) is 16.6. The van der Waals surface area contributed by atoms with Crippen LogP contribution in [0.3, 0.4) is 0 Å². The number of fused-ring (bicyclic) bond motifs is 1. The summed E-state index contributed by atoms with van der Waals surface area (Å²) in [7, 11) is 0. The first-order valence-corrected chi connectivity index (χ1v) is 10.3. The highest BCUT2D eigenvalue weighted by atomic mass is 35.5. The van der Waals surface area contributed by atoms with Gasteiger partial charge in [0.05, 0.1) is 6.04 Å². The number of carbonyl (C=O) groups is 1. The first-order chi connectivity index (χ1) is 14.0. The molecule has 29 heavy (non-hydrogen) atoms. The van der Waals surface area contributed by atoms with Crippen molar-refractivity contribution in [1.29, 1.82) is 0 Å². The summed E-state index contributed by atoms with van der Waals surface area (Å²) < 4.78 is 0. The Balaban J connectivity index is 1.85. The number of amides is 1. The molecule has 1 aromatic heterocycles. The van der Waals surface area contributed by atoms with Gasteiger partial charge in [0.1, 0.15) is 17.1 Å². The predicted molar refractivity (Wildman–Crippen MR) is 114 cm³/mol. The van der Waals surface area contributed by atoms with Crippen LogP contribution in [0.4, 0.5) is 0 Å². The van der Waals surface area contributed by atoms with Gasteiger partial charge in [0.25, 0.3) is 5.91 Å². The number of hydrogen-bond donors (Lipinski definition) is 2. The molecule has 2 aromatic carbocycles. The maximum Gasteiger partial charge on any atom is 0.273 e. The third-order valence-electron chi connectivity index (χ3n) is 5.51. The molecule has 1 aliphatic rings. The highest BCUT2D eigenvalue weighted by Crippen LogP contribution is 2.45. The number of aromatic nitrogens is 2. The predicted octanol–water partition coefficient (Wildman–Crippen LogP) is 5.48. The summed E-state index contributed by atoms with van der Waals surface area (Å²) in [5.41, 5.74) is 4.20. The van der Waals surface area contributed by atoms with Gasteiger partial charge in [-0.3, -0.25) is 9.89 Å². The minimum Gasteiger partial charge on any atom is -0.507 e. The molecule has 6 heteroatoms. The Morgan fingerprint density at radius 3 is 2.69 bits per heavy atom. The molecule has 0 saturated carbocycles. The molecule has 0 spiro atoms. The number of nitrogens with one attached hydrogen (secondary N) is 1. The van der Waals surface area contributed by atoms with Gasteiger partial charge in [0.2, 0.25) is 0 Å². The molecule has 0 radical (unpaired) electrons. The summed E-state index contributed by atoms with van der Waals surface area (Å²) in [4.78, 5) is 15.1. The lowest BCUT2D eigenvalue weighted by molar-refractivity contribution is 0.0740. The van der Waals surface area contributed by atoms with E-state index >= 15 is 0 Å². The van der Waals surface area contributed by atoms with Crippen molar-refractivity contribution in [3.05, 3.63) is 69.9 Å². The van der Waals surface area contributed by atoms with E-state index < -0.39 is 0 Å². The minimum absolute atomic E-state index is 0.0543. The molecule has 0 bridgehead atoms. The second kappa shape index (κ2) is 7.91. The van der Waals surface area contributed by atoms with Crippen molar-refractivity contribution in [2.45, 2.75) is 39.2 Å². The van der Waals surface area contributed by atoms with E-state index in [0.29, 0.717) is 28.5 Å². The van der Waals surface area contributed by atoms with Crippen LogP contribution in [0.25, 0.3) is 11.3 Å². The van der Waals surface area contributed by atoms with Crippen LogP contribution in [0.1, 0.15) is 59.4 Å². The van der Waals surface area contributed by atoms with Crippen LogP contribution >= 0.6 is 11.6 Å². The Morgan fingerprint density at radius 2 is 1.97 bits per heavy atom. The molecule has 4 rings (SSSR count). The summed E-state index contributed by atoms with van der Waals surface area (Å²) in [5.74, 6) is 0.0475. The summed E-state index contributed by atoms with van der Waals surface area (Å²) in [6, 6.07) is 13.1. The fraction of sp³-hybridized carbons (Fsp3) is 0.304. The zero-order valence-corrected chi connectivity index (χ0v) is 17.3. The first-order valence-electron chi connectivity index (χ1n) is 9.96. The lowest BCUT2D eigenvalue weighted by Gasteiger charge is -2.26. The molecular formula is C23H24ClN3O2. The van der Waals surface area contributed by atoms with Crippen LogP contribution in [0.2, 0.25) is 5.02 Å². The van der Waals surface area contributed by atoms with Crippen molar-refractivity contribution in [1.82, 2.24) is 15.1 Å². The van der Waals surface area contributed by atoms with Crippen LogP contribution in [-0.4, -0.2) is 32.7 Å². The van der Waals surface area contributed by atoms with Gasteiger partial charge in [0, 0.05) is 22.7 Å². The van der Waals surface area contributed by atoms with E-state index in [1.165, 1.54) is 0 Å². The van der Waals surface area contributed by atoms with Crippen molar-refractivity contribution in [2.24, 2.45) is 0 Å². The lowest BCUT2D eigenvalue weighted by atomic mass is 9.95. The van der Waals surface area contributed by atoms with Gasteiger partial charge >= 0.3 is 0 Å². The van der Waals surface area contributed by atoms with E-state index in [1.54, 1.807) is 12.1 Å². The van der Waals surface area contributed by atoms with Crippen LogP contribution in [0.5, 0.6) is 5.75 Å². The molecule has 3 aromatic rings. The molecule has 2 N–H and O–H groups in total. The number of H-pyrrole nitrogens is 1. The summed E-state index contributed by atoms with van der Waals surface area (Å²) in [6.45, 7) is 4.66. The molecule has 150 valence electrons. The number of nitrogens with zero attached hydrogens (tertiary/aromatic N) is 2. The van der Waals surface area contributed by atoms with Crippen LogP contribution in [0, 0.1) is 6.92 Å². The number of aromatic hydroxyl groups is 1. The van der Waals surface area contributed by atoms with Gasteiger partial charge in [-0.1, -0.05) is 61.7 Å². The number of phenols is 1. The monoisotopic (exact) mass is 409 g/mol. The van der Waals surface area contributed by atoms with Crippen molar-refractivity contribution >= 4 is 17.5 Å². The first kappa shape index (κ1) is 19.5. The highest BCUT2D eigenvalue weighted by Gasteiger charge is 2.42. The number of benzene rings is 2. The SMILES string of the molecule is CCCCCN1C(=O)c2[nH]nc(-c3cc(Cl)c(C)cc3O)c2C1c1ccccc1. The Bertz CT molecular complexity index is 1050. The third-order valence-corrected chi connectivity index (χ3v) is 5.92. The number of rotatable bonds is 6. The number of phenolic OH excluding ortho intramolecular Hbond substituents is 1. The average molecular weight is 410 g/mol. The smallest absolute Gasteiger partial charge is 0.273 e. The van der Waals surface area contributed by atoms with Gasteiger partial charge in [-0.2, -0.15) is 5.10 Å². The van der Waals surface area contributed by atoms with Crippen LogP contribution in [0.15, 0.2) is 42.5 Å². The van der Waals surface area contributed by atoms with E-state index in [1.807, 2.05) is 42.2 Å². The standard InChI is InChI=1S/C23H24ClN3O2/c1-3-4-8-11-27-22(15-9-6-5-7-10-15)19-20(25-26-21(19)23(27)29)16-13-17(24)14(2)12-18(16)28/h5-7,9-10,12-13,22,28H,3-4,8,11H2,1-2H3,(H,25,26). The Morgan fingerprint density at radius 1 is 1.21 bits per heavy atom. The summed E-state index contributed by atoms with van der Waals surface area (Å²) in [6.07, 6.45) is 3.10. The topological polar surface area (TPSA) is 69.2 Å². The zero-order chi connectivity index (χ0) is 20.5. The fourth-order valence-corrected chi connectivity index (χ4v) is 4.17. The van der Waals surface area contributed by atoms with Crippen LogP contribution in [-0.2, 0) is 0 Å². The molecular weight excluding hydrogens is 386 g/mol. The summed E-state index contributed by atoms with van der Waals surface area (Å²) >= 11 is 6.32. The molecule has 5 nitrogen and oxygen atoms in total. The molecule has 1 unspecified atom stereocenters. The lowest BCUT2D eigenvalue weighted by Crippen LogP contribution is -2.30. The Hall–Kier alpha value is -2.79. The second-order valence-electron chi connectivity index (χ2n) is 7.50. The van der Waals surface area contributed by atoms with E-state index in [4.69, 9.17) is 11.6 Å². The van der Waals surface area contributed by atoms with Crippen LogP contribution < -0.4 is 0 Å². The highest BCUT2D eigenvalue weighted by molar-refractivity contribution is 6.31. The number of carbonyl (C=O) groups excluding carboxylic acids is 1. The molecule has 1 aliphatic heterocycles. The number of hydrogen-bond acceptors (Lipinski definition) is 3. The third kappa shape index (κ3) is 3.40. The average Bonchev–Trinajstić information content (AvgIpc) is 3.25. The quantitative estimate of drug-likeness (QED) is 0.529. The van der Waals surface area contributed by atoms with Crippen molar-refractivity contribution in [3.63, 3.8) is 0 Å². The van der Waals surface area contributed by atoms with Gasteiger partial charge in [-0.05, 0) is 36.6 Å². The Kier molecular flexibility index (Phi) is 5.33. The van der Waals surface area contributed by atoms with E-state index in [2.05, 4.69) is 17.1 Å². The second-order valence-corrected chi connectivity index (χ2v) is 7.91. The maximum absolute atomic E-state index is 13.2. The molecule has 0 fully saturated rings. The largest absolute Gasteiger partial charge is 0.507 e. The molecule has 2 heterocycles.